The summed E-state index contributed by atoms with van der Waals surface area (Å²) in [5, 5.41) is 0.326. The summed E-state index contributed by atoms with van der Waals surface area (Å²) in [6.07, 6.45) is 0. The molecule has 0 radical (unpaired) electrons. The van der Waals surface area contributed by atoms with E-state index in [-0.39, 0.29) is 0 Å². The Morgan fingerprint density at radius 1 is 1.11 bits per heavy atom. The number of ether oxygens (including phenoxy) is 1. The number of benzene rings is 1. The van der Waals surface area contributed by atoms with E-state index in [1.54, 1.807) is 12.1 Å². The third kappa shape index (κ3) is 2.74. The molecule has 0 saturated carbocycles. The van der Waals surface area contributed by atoms with Crippen LogP contribution in [-0.2, 0) is 0 Å². The molecule has 2 aromatic rings. The molecule has 0 aliphatic rings. The highest BCUT2D eigenvalue weighted by Crippen LogP contribution is 2.29. The fraction of sp³-hybridized carbons (Fsp3) is 0.214. The number of anilines is 1. The maximum Gasteiger partial charge on any atom is 0.222 e. The molecule has 0 spiro atoms. The lowest BCUT2D eigenvalue weighted by molar-refractivity contribution is 0.459. The van der Waals surface area contributed by atoms with E-state index in [0.29, 0.717) is 16.7 Å². The van der Waals surface area contributed by atoms with Crippen LogP contribution in [0.1, 0.15) is 16.7 Å². The molecule has 4 heteroatoms. The first-order valence-electron chi connectivity index (χ1n) is 5.64. The van der Waals surface area contributed by atoms with Gasteiger partial charge in [0.2, 0.25) is 5.88 Å². The second-order valence-electron chi connectivity index (χ2n) is 4.37. The Kier molecular flexibility index (Phi) is 3.43. The molecule has 0 saturated heterocycles. The maximum atomic E-state index is 5.85. The van der Waals surface area contributed by atoms with Gasteiger partial charge in [0.25, 0.3) is 0 Å². The van der Waals surface area contributed by atoms with Gasteiger partial charge in [-0.1, -0.05) is 17.7 Å². The molecule has 1 aromatic heterocycles. The van der Waals surface area contributed by atoms with Crippen molar-refractivity contribution in [1.82, 2.24) is 4.98 Å². The highest BCUT2D eigenvalue weighted by molar-refractivity contribution is 6.29. The molecule has 0 aliphatic heterocycles. The standard InChI is InChI=1S/C14H15ClN2O/c1-8-4-9(2)10(3)12(5-8)18-14-7-11(16)6-13(15)17-14/h4-7H,1-3H3,(H2,16,17). The third-order valence-corrected chi connectivity index (χ3v) is 2.97. The van der Waals surface area contributed by atoms with E-state index in [1.165, 1.54) is 5.56 Å². The predicted octanol–water partition coefficient (Wildman–Crippen LogP) is 4.03. The smallest absolute Gasteiger partial charge is 0.222 e. The van der Waals surface area contributed by atoms with Crippen molar-refractivity contribution in [3.8, 4) is 11.6 Å². The molecule has 0 fully saturated rings. The quantitative estimate of drug-likeness (QED) is 0.831. The zero-order chi connectivity index (χ0) is 13.3. The molecule has 0 bridgehead atoms. The molecule has 1 aromatic carbocycles. The van der Waals surface area contributed by atoms with Crippen molar-refractivity contribution in [2.75, 3.05) is 5.73 Å². The Morgan fingerprint density at radius 2 is 1.83 bits per heavy atom. The van der Waals surface area contributed by atoms with Crippen molar-refractivity contribution < 1.29 is 4.74 Å². The van der Waals surface area contributed by atoms with Crippen molar-refractivity contribution in [3.05, 3.63) is 46.1 Å². The second-order valence-corrected chi connectivity index (χ2v) is 4.76. The normalized spacial score (nSPS) is 10.4. The van der Waals surface area contributed by atoms with Gasteiger partial charge < -0.3 is 10.5 Å². The average Bonchev–Trinajstić information content (AvgIpc) is 2.23. The lowest BCUT2D eigenvalue weighted by atomic mass is 10.1. The van der Waals surface area contributed by atoms with E-state index in [9.17, 15) is 0 Å². The van der Waals surface area contributed by atoms with Gasteiger partial charge in [0.15, 0.2) is 0 Å². The van der Waals surface area contributed by atoms with E-state index in [4.69, 9.17) is 22.1 Å². The van der Waals surface area contributed by atoms with Crippen LogP contribution in [0.3, 0.4) is 0 Å². The number of hydrogen-bond donors (Lipinski definition) is 1. The summed E-state index contributed by atoms with van der Waals surface area (Å²) in [6, 6.07) is 7.33. The van der Waals surface area contributed by atoms with Crippen molar-refractivity contribution in [3.63, 3.8) is 0 Å². The zero-order valence-corrected chi connectivity index (χ0v) is 11.4. The highest BCUT2D eigenvalue weighted by Gasteiger charge is 2.07. The summed E-state index contributed by atoms with van der Waals surface area (Å²) in [5.41, 5.74) is 9.65. The fourth-order valence-corrected chi connectivity index (χ4v) is 1.97. The maximum absolute atomic E-state index is 5.85. The van der Waals surface area contributed by atoms with Crippen molar-refractivity contribution in [2.24, 2.45) is 0 Å². The predicted molar refractivity (Wildman–Crippen MR) is 74.4 cm³/mol. The lowest BCUT2D eigenvalue weighted by Crippen LogP contribution is -1.95. The summed E-state index contributed by atoms with van der Waals surface area (Å²) >= 11 is 5.85. The van der Waals surface area contributed by atoms with Gasteiger partial charge in [0.05, 0.1) is 0 Å². The minimum atomic E-state index is 0.326. The number of hydrogen-bond acceptors (Lipinski definition) is 3. The van der Waals surface area contributed by atoms with Crippen LogP contribution < -0.4 is 10.5 Å². The summed E-state index contributed by atoms with van der Waals surface area (Å²) in [4.78, 5) is 4.09. The number of aromatic nitrogens is 1. The Hall–Kier alpha value is -1.74. The molecule has 18 heavy (non-hydrogen) atoms. The summed E-state index contributed by atoms with van der Waals surface area (Å²) in [5.74, 6) is 1.19. The highest BCUT2D eigenvalue weighted by atomic mass is 35.5. The minimum Gasteiger partial charge on any atom is -0.439 e. The van der Waals surface area contributed by atoms with E-state index in [1.807, 2.05) is 19.9 Å². The van der Waals surface area contributed by atoms with Gasteiger partial charge in [-0.2, -0.15) is 0 Å². The molecule has 94 valence electrons. The summed E-state index contributed by atoms with van der Waals surface area (Å²) in [7, 11) is 0. The van der Waals surface area contributed by atoms with Crippen LogP contribution in [0.4, 0.5) is 5.69 Å². The number of rotatable bonds is 2. The Balaban J connectivity index is 2.39. The Morgan fingerprint density at radius 3 is 2.50 bits per heavy atom. The Bertz CT molecular complexity index is 576. The number of nitrogens with two attached hydrogens (primary N) is 1. The molecule has 2 rings (SSSR count). The van der Waals surface area contributed by atoms with Gasteiger partial charge >= 0.3 is 0 Å². The van der Waals surface area contributed by atoms with Crippen molar-refractivity contribution in [1.29, 1.82) is 0 Å². The molecule has 2 N–H and O–H groups in total. The van der Waals surface area contributed by atoms with Crippen LogP contribution in [0.5, 0.6) is 11.6 Å². The number of pyridine rings is 1. The van der Waals surface area contributed by atoms with E-state index >= 15 is 0 Å². The van der Waals surface area contributed by atoms with Crippen LogP contribution in [0.15, 0.2) is 24.3 Å². The van der Waals surface area contributed by atoms with E-state index < -0.39 is 0 Å². The molecule has 0 unspecified atom stereocenters. The monoisotopic (exact) mass is 262 g/mol. The number of nitrogens with zero attached hydrogens (tertiary/aromatic N) is 1. The van der Waals surface area contributed by atoms with E-state index in [0.717, 1.165) is 16.9 Å². The van der Waals surface area contributed by atoms with Gasteiger partial charge in [-0.3, -0.25) is 0 Å². The van der Waals surface area contributed by atoms with Gasteiger partial charge in [0, 0.05) is 11.8 Å². The largest absolute Gasteiger partial charge is 0.439 e. The van der Waals surface area contributed by atoms with Crippen LogP contribution in [0.2, 0.25) is 5.15 Å². The lowest BCUT2D eigenvalue weighted by Gasteiger charge is -2.11. The zero-order valence-electron chi connectivity index (χ0n) is 10.6. The molecular formula is C14H15ClN2O. The number of nitrogen functional groups attached to an aromatic ring is 1. The first kappa shape index (κ1) is 12.7. The minimum absolute atomic E-state index is 0.326. The number of halogens is 1. The topological polar surface area (TPSA) is 48.1 Å². The first-order chi connectivity index (χ1) is 8.45. The molecule has 0 atom stereocenters. The van der Waals surface area contributed by atoms with Crippen molar-refractivity contribution >= 4 is 17.3 Å². The number of aryl methyl sites for hydroxylation is 2. The fourth-order valence-electron chi connectivity index (χ4n) is 1.76. The van der Waals surface area contributed by atoms with Crippen LogP contribution in [0, 0.1) is 20.8 Å². The van der Waals surface area contributed by atoms with Crippen LogP contribution >= 0.6 is 11.6 Å². The SMILES string of the molecule is Cc1cc(C)c(C)c(Oc2cc(N)cc(Cl)n2)c1. The summed E-state index contributed by atoms with van der Waals surface area (Å²) in [6.45, 7) is 6.09. The Labute approximate surface area is 112 Å². The van der Waals surface area contributed by atoms with Crippen LogP contribution in [-0.4, -0.2) is 4.98 Å². The van der Waals surface area contributed by atoms with Gasteiger partial charge in [-0.15, -0.1) is 0 Å². The van der Waals surface area contributed by atoms with Crippen LogP contribution in [0.25, 0.3) is 0 Å². The van der Waals surface area contributed by atoms with Gasteiger partial charge in [0.1, 0.15) is 10.9 Å². The summed E-state index contributed by atoms with van der Waals surface area (Å²) < 4.78 is 5.76. The van der Waals surface area contributed by atoms with Gasteiger partial charge in [-0.05, 0) is 49.6 Å². The molecule has 1 heterocycles. The second kappa shape index (κ2) is 4.86. The first-order valence-corrected chi connectivity index (χ1v) is 6.02. The van der Waals surface area contributed by atoms with Gasteiger partial charge in [-0.25, -0.2) is 4.98 Å². The molecular weight excluding hydrogens is 248 g/mol. The van der Waals surface area contributed by atoms with E-state index in [2.05, 4.69) is 18.0 Å². The van der Waals surface area contributed by atoms with Crippen molar-refractivity contribution in [2.45, 2.75) is 20.8 Å². The molecule has 0 aliphatic carbocycles. The third-order valence-electron chi connectivity index (χ3n) is 2.77. The average molecular weight is 263 g/mol. The molecule has 3 nitrogen and oxygen atoms in total. The molecule has 0 amide bonds.